The van der Waals surface area contributed by atoms with Crippen LogP contribution in [0.3, 0.4) is 0 Å². The van der Waals surface area contributed by atoms with E-state index in [0.29, 0.717) is 30.6 Å². The molecule has 2 aliphatic rings. The summed E-state index contributed by atoms with van der Waals surface area (Å²) >= 11 is 0. The van der Waals surface area contributed by atoms with Crippen LogP contribution >= 0.6 is 0 Å². The first kappa shape index (κ1) is 18.8. The molecule has 1 aromatic rings. The van der Waals surface area contributed by atoms with Gasteiger partial charge in [0.1, 0.15) is 17.3 Å². The lowest BCUT2D eigenvalue weighted by Gasteiger charge is -2.30. The molecule has 1 fully saturated rings. The predicted octanol–water partition coefficient (Wildman–Crippen LogP) is 1.23. The minimum absolute atomic E-state index is 0.199. The minimum atomic E-state index is -0.364. The van der Waals surface area contributed by atoms with E-state index in [1.165, 1.54) is 0 Å². The van der Waals surface area contributed by atoms with Crippen molar-refractivity contribution >= 4 is 17.8 Å². The maximum atomic E-state index is 12.5. The highest BCUT2D eigenvalue weighted by Crippen LogP contribution is 2.21. The smallest absolute Gasteiger partial charge is 0.324 e. The molecule has 3 rings (SSSR count). The van der Waals surface area contributed by atoms with Gasteiger partial charge in [-0.15, -0.1) is 0 Å². The number of nitrogens with zero attached hydrogens (tertiary/aromatic N) is 3. The maximum absolute atomic E-state index is 12.5. The molecule has 0 spiro atoms. The summed E-state index contributed by atoms with van der Waals surface area (Å²) in [5, 5.41) is 12.3. The molecule has 0 radical (unpaired) electrons. The standard InChI is InChI=1S/C18H28N8O/c1-3-5-9-21-17-24-15(19)14-16(25-17)26(18(27)23-14)11-12-6-7-13(22-10-12)20-8-4-2/h6-7,10,16H,3-5,8-9,11,19H2,1-2H3,(H,20,22)(H,23,27)(H2,21,24,25). The van der Waals surface area contributed by atoms with Crippen LogP contribution in [0.15, 0.2) is 34.8 Å². The van der Waals surface area contributed by atoms with Crippen molar-refractivity contribution in [2.75, 3.05) is 18.4 Å². The topological polar surface area (TPSA) is 120 Å². The Balaban J connectivity index is 1.71. The lowest BCUT2D eigenvalue weighted by Crippen LogP contribution is -2.55. The molecule has 2 amide bonds. The molecular formula is C18H28N8O. The number of nitrogens with one attached hydrogen (secondary N) is 4. The number of hydrogen-bond acceptors (Lipinski definition) is 5. The zero-order chi connectivity index (χ0) is 19.2. The fourth-order valence-electron chi connectivity index (χ4n) is 2.92. The second-order valence-corrected chi connectivity index (χ2v) is 6.62. The van der Waals surface area contributed by atoms with Crippen LogP contribution in [0.25, 0.3) is 0 Å². The number of amides is 2. The number of hydrogen-bond donors (Lipinski definition) is 5. The van der Waals surface area contributed by atoms with Gasteiger partial charge in [-0.2, -0.15) is 0 Å². The third-order valence-corrected chi connectivity index (χ3v) is 4.42. The number of pyridine rings is 1. The SMILES string of the molecule is CCCCN=C1NC(N)=C2NC(=O)N(Cc3ccc(NCCC)nc3)C2N1. The quantitative estimate of drug-likeness (QED) is 0.438. The highest BCUT2D eigenvalue weighted by Gasteiger charge is 2.40. The highest BCUT2D eigenvalue weighted by molar-refractivity contribution is 5.88. The number of guanidine groups is 1. The molecule has 0 aliphatic carbocycles. The Morgan fingerprint density at radius 2 is 2.15 bits per heavy atom. The lowest BCUT2D eigenvalue weighted by atomic mass is 10.2. The molecule has 2 aliphatic heterocycles. The molecule has 1 unspecified atom stereocenters. The van der Waals surface area contributed by atoms with Gasteiger partial charge in [0.05, 0.1) is 6.54 Å². The number of aliphatic imine (C=N–C) groups is 1. The van der Waals surface area contributed by atoms with Crippen molar-refractivity contribution in [2.45, 2.75) is 45.8 Å². The zero-order valence-corrected chi connectivity index (χ0v) is 15.9. The molecule has 1 aromatic heterocycles. The van der Waals surface area contributed by atoms with Gasteiger partial charge in [-0.05, 0) is 24.5 Å². The second-order valence-electron chi connectivity index (χ2n) is 6.62. The summed E-state index contributed by atoms with van der Waals surface area (Å²) in [7, 11) is 0. The van der Waals surface area contributed by atoms with E-state index in [4.69, 9.17) is 5.73 Å². The number of aromatic nitrogens is 1. The van der Waals surface area contributed by atoms with Crippen molar-refractivity contribution in [1.82, 2.24) is 25.8 Å². The van der Waals surface area contributed by atoms with Crippen LogP contribution in [0.4, 0.5) is 10.6 Å². The Bertz CT molecular complexity index is 727. The number of anilines is 1. The fraction of sp³-hybridized carbons (Fsp3) is 0.500. The first-order chi connectivity index (χ1) is 13.1. The number of nitrogens with two attached hydrogens (primary N) is 1. The zero-order valence-electron chi connectivity index (χ0n) is 15.9. The summed E-state index contributed by atoms with van der Waals surface area (Å²) in [6.07, 6.45) is 4.53. The van der Waals surface area contributed by atoms with Crippen LogP contribution in [0, 0.1) is 0 Å². The van der Waals surface area contributed by atoms with E-state index in [9.17, 15) is 4.79 Å². The summed E-state index contributed by atoms with van der Waals surface area (Å²) in [6.45, 7) is 6.23. The average Bonchev–Trinajstić information content (AvgIpc) is 2.98. The van der Waals surface area contributed by atoms with Gasteiger partial charge in [0, 0.05) is 19.3 Å². The molecular weight excluding hydrogens is 344 g/mol. The fourth-order valence-corrected chi connectivity index (χ4v) is 2.92. The monoisotopic (exact) mass is 372 g/mol. The van der Waals surface area contributed by atoms with Crippen LogP contribution in [-0.4, -0.2) is 41.1 Å². The third-order valence-electron chi connectivity index (χ3n) is 4.42. The Hall–Kier alpha value is -2.97. The van der Waals surface area contributed by atoms with Gasteiger partial charge in [0.15, 0.2) is 12.1 Å². The van der Waals surface area contributed by atoms with Gasteiger partial charge in [-0.1, -0.05) is 26.3 Å². The number of carbonyl (C=O) groups is 1. The van der Waals surface area contributed by atoms with Crippen molar-refractivity contribution in [3.05, 3.63) is 35.4 Å². The summed E-state index contributed by atoms with van der Waals surface area (Å²) in [5.41, 5.74) is 7.65. The molecule has 0 bridgehead atoms. The van der Waals surface area contributed by atoms with Crippen molar-refractivity contribution < 1.29 is 4.79 Å². The van der Waals surface area contributed by atoms with Gasteiger partial charge in [-0.25, -0.2) is 9.78 Å². The van der Waals surface area contributed by atoms with Gasteiger partial charge in [-0.3, -0.25) is 9.89 Å². The number of carbonyl (C=O) groups excluding carboxylic acids is 1. The lowest BCUT2D eigenvalue weighted by molar-refractivity contribution is 0.198. The van der Waals surface area contributed by atoms with Crippen molar-refractivity contribution in [1.29, 1.82) is 0 Å². The molecule has 9 nitrogen and oxygen atoms in total. The minimum Gasteiger partial charge on any atom is -0.384 e. The normalized spacial score (nSPS) is 20.2. The third kappa shape index (κ3) is 4.42. The van der Waals surface area contributed by atoms with E-state index in [0.717, 1.165) is 37.2 Å². The van der Waals surface area contributed by atoms with Crippen molar-refractivity contribution in [2.24, 2.45) is 10.7 Å². The van der Waals surface area contributed by atoms with Crippen LogP contribution in [0.5, 0.6) is 0 Å². The average molecular weight is 372 g/mol. The number of fused-ring (bicyclic) bond motifs is 1. The first-order valence-corrected chi connectivity index (χ1v) is 9.46. The van der Waals surface area contributed by atoms with Crippen LogP contribution in [0.1, 0.15) is 38.7 Å². The Kier molecular flexibility index (Phi) is 6.00. The summed E-state index contributed by atoms with van der Waals surface area (Å²) < 4.78 is 0. The Labute approximate surface area is 159 Å². The molecule has 9 heteroatoms. The second kappa shape index (κ2) is 8.61. The van der Waals surface area contributed by atoms with E-state index in [1.807, 2.05) is 12.1 Å². The largest absolute Gasteiger partial charge is 0.384 e. The number of unbranched alkanes of at least 4 members (excludes halogenated alkanes) is 1. The van der Waals surface area contributed by atoms with Gasteiger partial charge >= 0.3 is 6.03 Å². The van der Waals surface area contributed by atoms with Crippen LogP contribution < -0.4 is 27.0 Å². The summed E-state index contributed by atoms with van der Waals surface area (Å²) in [6, 6.07) is 3.70. The van der Waals surface area contributed by atoms with Crippen LogP contribution in [0.2, 0.25) is 0 Å². The van der Waals surface area contributed by atoms with Crippen LogP contribution in [-0.2, 0) is 6.54 Å². The maximum Gasteiger partial charge on any atom is 0.324 e. The predicted molar refractivity (Wildman–Crippen MR) is 106 cm³/mol. The molecule has 6 N–H and O–H groups in total. The molecule has 146 valence electrons. The van der Waals surface area contributed by atoms with E-state index in [2.05, 4.69) is 45.1 Å². The Morgan fingerprint density at radius 1 is 1.30 bits per heavy atom. The number of rotatable bonds is 8. The van der Waals surface area contributed by atoms with Gasteiger partial charge in [0.2, 0.25) is 0 Å². The molecule has 0 saturated carbocycles. The van der Waals surface area contributed by atoms with E-state index < -0.39 is 0 Å². The van der Waals surface area contributed by atoms with E-state index >= 15 is 0 Å². The molecule has 3 heterocycles. The summed E-state index contributed by atoms with van der Waals surface area (Å²) in [4.78, 5) is 23.0. The van der Waals surface area contributed by atoms with Crippen molar-refractivity contribution in [3.8, 4) is 0 Å². The highest BCUT2D eigenvalue weighted by atomic mass is 16.2. The number of urea groups is 1. The van der Waals surface area contributed by atoms with E-state index in [-0.39, 0.29) is 12.2 Å². The van der Waals surface area contributed by atoms with Crippen molar-refractivity contribution in [3.63, 3.8) is 0 Å². The molecule has 27 heavy (non-hydrogen) atoms. The molecule has 1 atom stereocenters. The van der Waals surface area contributed by atoms with E-state index in [1.54, 1.807) is 11.1 Å². The van der Waals surface area contributed by atoms with Gasteiger partial charge < -0.3 is 27.0 Å². The molecule has 0 aromatic carbocycles. The summed E-state index contributed by atoms with van der Waals surface area (Å²) in [5.74, 6) is 1.84. The molecule has 1 saturated heterocycles. The Morgan fingerprint density at radius 3 is 2.85 bits per heavy atom. The first-order valence-electron chi connectivity index (χ1n) is 9.46. The van der Waals surface area contributed by atoms with Gasteiger partial charge in [0.25, 0.3) is 0 Å².